The second kappa shape index (κ2) is 10.1. The minimum Gasteiger partial charge on any atom is -0.494 e. The zero-order chi connectivity index (χ0) is 22.3. The Morgan fingerprint density at radius 2 is 1.84 bits per heavy atom. The van der Waals surface area contributed by atoms with E-state index in [0.717, 1.165) is 21.5 Å². The summed E-state index contributed by atoms with van der Waals surface area (Å²) < 4.78 is 17.4. The molecule has 4 aromatic rings. The molecule has 0 aliphatic rings. The number of nitrogens with one attached hydrogen (secondary N) is 1. The van der Waals surface area contributed by atoms with Crippen LogP contribution in [0.2, 0.25) is 0 Å². The highest BCUT2D eigenvalue weighted by atomic mass is 79.9. The molecule has 2 aromatic heterocycles. The lowest BCUT2D eigenvalue weighted by Crippen LogP contribution is -2.09. The standard InChI is InChI=1S/C23H19BrN4O4/c1-2-30-18-11-9-17(10-12-18)26-21-19(4-3-13-25-21)23(29)31-14-20-27-28-22(32-20)15-5-7-16(24)8-6-15/h3-13H,2,14H2,1H3,(H,25,26). The quantitative estimate of drug-likeness (QED) is 0.325. The fourth-order valence-corrected chi connectivity index (χ4v) is 3.10. The number of rotatable bonds is 8. The number of hydrogen-bond acceptors (Lipinski definition) is 8. The number of pyridine rings is 1. The van der Waals surface area contributed by atoms with Crippen molar-refractivity contribution in [2.45, 2.75) is 13.5 Å². The lowest BCUT2D eigenvalue weighted by molar-refractivity contribution is 0.0439. The van der Waals surface area contributed by atoms with Gasteiger partial charge in [0.2, 0.25) is 5.89 Å². The van der Waals surface area contributed by atoms with Crippen molar-refractivity contribution in [2.24, 2.45) is 0 Å². The minimum absolute atomic E-state index is 0.153. The minimum atomic E-state index is -0.560. The molecule has 32 heavy (non-hydrogen) atoms. The summed E-state index contributed by atoms with van der Waals surface area (Å²) in [7, 11) is 0. The highest BCUT2D eigenvalue weighted by molar-refractivity contribution is 9.10. The first-order valence-corrected chi connectivity index (χ1v) is 10.6. The normalized spacial score (nSPS) is 10.6. The Balaban J connectivity index is 1.41. The molecule has 0 saturated heterocycles. The fraction of sp³-hybridized carbons (Fsp3) is 0.130. The molecule has 0 aliphatic heterocycles. The number of benzene rings is 2. The zero-order valence-electron chi connectivity index (χ0n) is 17.1. The Kier molecular flexibility index (Phi) is 6.76. The van der Waals surface area contributed by atoms with Crippen LogP contribution >= 0.6 is 15.9 Å². The fourth-order valence-electron chi connectivity index (χ4n) is 2.83. The Hall–Kier alpha value is -3.72. The number of hydrogen-bond donors (Lipinski definition) is 1. The number of ether oxygens (including phenoxy) is 2. The first kappa shape index (κ1) is 21.5. The van der Waals surface area contributed by atoms with Gasteiger partial charge in [-0.05, 0) is 67.6 Å². The van der Waals surface area contributed by atoms with E-state index in [2.05, 4.69) is 36.4 Å². The molecular weight excluding hydrogens is 476 g/mol. The smallest absolute Gasteiger partial charge is 0.342 e. The molecule has 2 aromatic carbocycles. The van der Waals surface area contributed by atoms with E-state index in [9.17, 15) is 4.79 Å². The third-order valence-electron chi connectivity index (χ3n) is 4.34. The van der Waals surface area contributed by atoms with E-state index < -0.39 is 5.97 Å². The predicted octanol–water partition coefficient (Wildman–Crippen LogP) is 5.39. The number of carbonyl (C=O) groups is 1. The molecule has 8 nitrogen and oxygen atoms in total. The SMILES string of the molecule is CCOc1ccc(Nc2ncccc2C(=O)OCc2nnc(-c3ccc(Br)cc3)o2)cc1. The maximum absolute atomic E-state index is 12.7. The summed E-state index contributed by atoms with van der Waals surface area (Å²) in [5.74, 6) is 1.13. The monoisotopic (exact) mass is 494 g/mol. The van der Waals surface area contributed by atoms with E-state index in [4.69, 9.17) is 13.9 Å². The third kappa shape index (κ3) is 5.30. The van der Waals surface area contributed by atoms with Gasteiger partial charge in [-0.2, -0.15) is 0 Å². The summed E-state index contributed by atoms with van der Waals surface area (Å²) >= 11 is 3.38. The van der Waals surface area contributed by atoms with Crippen molar-refractivity contribution in [3.8, 4) is 17.2 Å². The molecule has 0 aliphatic carbocycles. The highest BCUT2D eigenvalue weighted by Crippen LogP contribution is 2.23. The Morgan fingerprint density at radius 1 is 1.06 bits per heavy atom. The molecule has 0 amide bonds. The van der Waals surface area contributed by atoms with Crippen LogP contribution in [0.5, 0.6) is 5.75 Å². The molecule has 2 heterocycles. The van der Waals surface area contributed by atoms with E-state index in [0.29, 0.717) is 18.3 Å². The first-order chi connectivity index (χ1) is 15.6. The zero-order valence-corrected chi connectivity index (χ0v) is 18.7. The van der Waals surface area contributed by atoms with E-state index in [1.54, 1.807) is 18.3 Å². The predicted molar refractivity (Wildman–Crippen MR) is 122 cm³/mol. The number of esters is 1. The van der Waals surface area contributed by atoms with Crippen molar-refractivity contribution < 1.29 is 18.7 Å². The first-order valence-electron chi connectivity index (χ1n) is 9.82. The highest BCUT2D eigenvalue weighted by Gasteiger charge is 2.16. The molecule has 0 fully saturated rings. The molecule has 1 N–H and O–H groups in total. The number of halogens is 1. The lowest BCUT2D eigenvalue weighted by Gasteiger charge is -2.11. The van der Waals surface area contributed by atoms with Crippen molar-refractivity contribution in [1.82, 2.24) is 15.2 Å². The van der Waals surface area contributed by atoms with Gasteiger partial charge in [0.15, 0.2) is 6.61 Å². The molecule has 9 heteroatoms. The largest absolute Gasteiger partial charge is 0.494 e. The summed E-state index contributed by atoms with van der Waals surface area (Å²) in [4.78, 5) is 16.9. The van der Waals surface area contributed by atoms with Gasteiger partial charge in [-0.1, -0.05) is 15.9 Å². The second-order valence-electron chi connectivity index (χ2n) is 6.57. The molecule has 0 radical (unpaired) electrons. The molecule has 0 unspecified atom stereocenters. The average molecular weight is 495 g/mol. The van der Waals surface area contributed by atoms with Gasteiger partial charge >= 0.3 is 5.97 Å². The van der Waals surface area contributed by atoms with Crippen LogP contribution in [0, 0.1) is 0 Å². The van der Waals surface area contributed by atoms with Crippen molar-refractivity contribution in [3.63, 3.8) is 0 Å². The van der Waals surface area contributed by atoms with Gasteiger partial charge in [-0.15, -0.1) is 10.2 Å². The lowest BCUT2D eigenvalue weighted by atomic mass is 10.2. The summed E-state index contributed by atoms with van der Waals surface area (Å²) in [6, 6.07) is 18.1. The number of aromatic nitrogens is 3. The van der Waals surface area contributed by atoms with Crippen LogP contribution in [0.25, 0.3) is 11.5 Å². The van der Waals surface area contributed by atoms with Gasteiger partial charge in [-0.25, -0.2) is 9.78 Å². The van der Waals surface area contributed by atoms with Gasteiger partial charge in [0.1, 0.15) is 17.1 Å². The number of nitrogens with zero attached hydrogens (tertiary/aromatic N) is 3. The van der Waals surface area contributed by atoms with Gasteiger partial charge in [-0.3, -0.25) is 0 Å². The maximum Gasteiger partial charge on any atom is 0.342 e. The summed E-state index contributed by atoms with van der Waals surface area (Å²) in [5.41, 5.74) is 1.82. The van der Waals surface area contributed by atoms with Crippen LogP contribution in [0.4, 0.5) is 11.5 Å². The van der Waals surface area contributed by atoms with Crippen LogP contribution in [-0.4, -0.2) is 27.8 Å². The van der Waals surface area contributed by atoms with Crippen LogP contribution in [0.15, 0.2) is 75.8 Å². The van der Waals surface area contributed by atoms with Gasteiger partial charge in [0, 0.05) is 21.9 Å². The van der Waals surface area contributed by atoms with E-state index in [-0.39, 0.29) is 18.1 Å². The van der Waals surface area contributed by atoms with Crippen molar-refractivity contribution in [2.75, 3.05) is 11.9 Å². The molecular formula is C23H19BrN4O4. The number of carbonyl (C=O) groups excluding carboxylic acids is 1. The van der Waals surface area contributed by atoms with Gasteiger partial charge < -0.3 is 19.2 Å². The maximum atomic E-state index is 12.7. The Labute approximate surface area is 192 Å². The van der Waals surface area contributed by atoms with Gasteiger partial charge in [0.25, 0.3) is 5.89 Å². The van der Waals surface area contributed by atoms with E-state index in [1.807, 2.05) is 55.5 Å². The summed E-state index contributed by atoms with van der Waals surface area (Å²) in [5, 5.41) is 11.1. The number of anilines is 2. The van der Waals surface area contributed by atoms with Crippen LogP contribution < -0.4 is 10.1 Å². The molecule has 0 saturated carbocycles. The Bertz CT molecular complexity index is 1190. The average Bonchev–Trinajstić information content (AvgIpc) is 3.29. The molecule has 4 rings (SSSR count). The molecule has 0 bridgehead atoms. The molecule has 162 valence electrons. The summed E-state index contributed by atoms with van der Waals surface area (Å²) in [6.45, 7) is 2.36. The van der Waals surface area contributed by atoms with Crippen molar-refractivity contribution in [1.29, 1.82) is 0 Å². The van der Waals surface area contributed by atoms with Crippen LogP contribution in [0.3, 0.4) is 0 Å². The molecule has 0 spiro atoms. The van der Waals surface area contributed by atoms with Crippen molar-refractivity contribution in [3.05, 3.63) is 82.8 Å². The van der Waals surface area contributed by atoms with Crippen molar-refractivity contribution >= 4 is 33.4 Å². The summed E-state index contributed by atoms with van der Waals surface area (Å²) in [6.07, 6.45) is 1.59. The Morgan fingerprint density at radius 3 is 2.59 bits per heavy atom. The van der Waals surface area contributed by atoms with E-state index >= 15 is 0 Å². The van der Waals surface area contributed by atoms with Gasteiger partial charge in [0.05, 0.1) is 6.61 Å². The second-order valence-corrected chi connectivity index (χ2v) is 7.48. The van der Waals surface area contributed by atoms with E-state index in [1.165, 1.54) is 0 Å². The third-order valence-corrected chi connectivity index (χ3v) is 4.87. The van der Waals surface area contributed by atoms with Crippen LogP contribution in [0.1, 0.15) is 23.2 Å². The van der Waals surface area contributed by atoms with Crippen LogP contribution in [-0.2, 0) is 11.3 Å². The topological polar surface area (TPSA) is 99.4 Å². The molecule has 0 atom stereocenters.